The maximum atomic E-state index is 13.0. The van der Waals surface area contributed by atoms with Crippen molar-refractivity contribution >= 4 is 34.7 Å². The lowest BCUT2D eigenvalue weighted by Crippen LogP contribution is -2.38. The van der Waals surface area contributed by atoms with Gasteiger partial charge in [0.15, 0.2) is 6.29 Å². The summed E-state index contributed by atoms with van der Waals surface area (Å²) in [5, 5.41) is 21.9. The van der Waals surface area contributed by atoms with E-state index in [1.54, 1.807) is 23.9 Å². The first-order valence-electron chi connectivity index (χ1n) is 17.0. The molecule has 5 aromatic carbocycles. The normalized spacial score (nSPS) is 18.6. The van der Waals surface area contributed by atoms with E-state index in [2.05, 4.69) is 22.2 Å². The van der Waals surface area contributed by atoms with Crippen molar-refractivity contribution in [3.63, 3.8) is 0 Å². The lowest BCUT2D eigenvalue weighted by atomic mass is 9.91. The fraction of sp³-hybridized carbons (Fsp3) is 0.190. The van der Waals surface area contributed by atoms with Gasteiger partial charge in [-0.3, -0.25) is 9.78 Å². The van der Waals surface area contributed by atoms with E-state index in [1.165, 1.54) is 6.20 Å². The Balaban J connectivity index is 1.08. The van der Waals surface area contributed by atoms with E-state index in [9.17, 15) is 19.8 Å². The molecule has 0 unspecified atom stereocenters. The number of aliphatic hydroxyl groups excluding tert-OH is 1. The highest BCUT2D eigenvalue weighted by Gasteiger charge is 2.38. The lowest BCUT2D eigenvalue weighted by Gasteiger charge is -2.41. The highest BCUT2D eigenvalue weighted by molar-refractivity contribution is 7.99. The molecule has 3 N–H and O–H groups in total. The van der Waals surface area contributed by atoms with Crippen molar-refractivity contribution in [3.8, 4) is 11.1 Å². The van der Waals surface area contributed by atoms with Crippen molar-refractivity contribution in [1.82, 2.24) is 15.3 Å². The van der Waals surface area contributed by atoms with Crippen LogP contribution in [-0.2, 0) is 22.6 Å². The van der Waals surface area contributed by atoms with Gasteiger partial charge >= 0.3 is 5.97 Å². The van der Waals surface area contributed by atoms with E-state index >= 15 is 0 Å². The van der Waals surface area contributed by atoms with Crippen molar-refractivity contribution in [3.05, 3.63) is 161 Å². The molecular formula is C42H37N3O6S. The number of aliphatic hydroxyl groups is 1. The highest BCUT2D eigenvalue weighted by atomic mass is 32.2. The fourth-order valence-electron chi connectivity index (χ4n) is 6.29. The largest absolute Gasteiger partial charge is 0.478 e. The van der Waals surface area contributed by atoms with Crippen LogP contribution < -0.4 is 5.32 Å². The molecule has 6 aromatic rings. The molecule has 0 bridgehead atoms. The Morgan fingerprint density at radius 2 is 1.50 bits per heavy atom. The number of carbonyl (C=O) groups excluding carboxylic acids is 1. The Morgan fingerprint density at radius 1 is 0.808 bits per heavy atom. The van der Waals surface area contributed by atoms with Crippen LogP contribution in [0.15, 0.2) is 132 Å². The summed E-state index contributed by atoms with van der Waals surface area (Å²) in [6.45, 7) is 2.39. The molecule has 1 aliphatic heterocycles. The van der Waals surface area contributed by atoms with Crippen LogP contribution in [0.2, 0.25) is 0 Å². The van der Waals surface area contributed by atoms with Gasteiger partial charge in [-0.05, 0) is 64.2 Å². The van der Waals surface area contributed by atoms with Crippen LogP contribution in [0.25, 0.3) is 22.2 Å². The van der Waals surface area contributed by atoms with Gasteiger partial charge in [-0.15, -0.1) is 11.8 Å². The Morgan fingerprint density at radius 3 is 2.23 bits per heavy atom. The van der Waals surface area contributed by atoms with E-state index in [-0.39, 0.29) is 41.9 Å². The quantitative estimate of drug-likeness (QED) is 0.114. The molecule has 7 rings (SSSR count). The predicted molar refractivity (Wildman–Crippen MR) is 200 cm³/mol. The number of nitrogens with one attached hydrogen (secondary N) is 1. The zero-order valence-electron chi connectivity index (χ0n) is 28.4. The zero-order chi connectivity index (χ0) is 36.0. The highest BCUT2D eigenvalue weighted by Crippen LogP contribution is 2.43. The van der Waals surface area contributed by atoms with Gasteiger partial charge in [0.1, 0.15) is 5.69 Å². The van der Waals surface area contributed by atoms with Crippen molar-refractivity contribution in [2.24, 2.45) is 5.92 Å². The molecule has 0 saturated carbocycles. The summed E-state index contributed by atoms with van der Waals surface area (Å²) in [5.74, 6) is -0.608. The number of ether oxygens (including phenoxy) is 2. The van der Waals surface area contributed by atoms with E-state index in [4.69, 9.17) is 9.47 Å². The van der Waals surface area contributed by atoms with E-state index in [1.807, 2.05) is 109 Å². The molecule has 262 valence electrons. The Hall–Kier alpha value is -5.39. The van der Waals surface area contributed by atoms with Gasteiger partial charge in [-0.25, -0.2) is 9.78 Å². The number of carboxylic acids is 1. The second-order valence-electron chi connectivity index (χ2n) is 12.7. The molecule has 0 radical (unpaired) electrons. The third-order valence-electron chi connectivity index (χ3n) is 9.27. The average Bonchev–Trinajstić information content (AvgIpc) is 3.19. The second-order valence-corrected chi connectivity index (χ2v) is 13.8. The summed E-state index contributed by atoms with van der Waals surface area (Å²) in [6, 6.07) is 38.2. The number of carbonyl (C=O) groups is 2. The van der Waals surface area contributed by atoms with Crippen LogP contribution in [0.3, 0.4) is 0 Å². The van der Waals surface area contributed by atoms with Gasteiger partial charge in [-0.1, -0.05) is 91.9 Å². The number of amides is 1. The van der Waals surface area contributed by atoms with Crippen LogP contribution in [0, 0.1) is 5.92 Å². The first kappa shape index (κ1) is 35.0. The van der Waals surface area contributed by atoms with E-state index < -0.39 is 12.3 Å². The van der Waals surface area contributed by atoms with Gasteiger partial charge in [0.25, 0.3) is 5.91 Å². The molecule has 1 aliphatic rings. The minimum absolute atomic E-state index is 0.00367. The Kier molecular flexibility index (Phi) is 10.7. The van der Waals surface area contributed by atoms with Crippen molar-refractivity contribution in [2.75, 3.05) is 5.75 Å². The third-order valence-corrected chi connectivity index (χ3v) is 10.4. The molecular weight excluding hydrogens is 675 g/mol. The Bertz CT molecular complexity index is 2180. The minimum Gasteiger partial charge on any atom is -0.478 e. The number of rotatable bonds is 11. The standard InChI is InChI=1S/C42H37N3O6S/c1-26-38(25-52-33-20-18-30(19-21-33)41(48)49)50-42(51-39(26)29-12-10-27(24-46)11-13-29)31-16-14-28(15-17-31)34-7-3-2-6-32(34)22-44-40(47)37-23-43-35-8-4-5-9-36(35)45-37/h2-21,23,26,38-39,42,46H,22,24-25H2,1H3,(H,44,47)(H,48,49)/t26-,38+,39+,42+/m1/s1. The average molecular weight is 712 g/mol. The molecule has 0 aliphatic carbocycles. The number of thioether (sulfide) groups is 1. The maximum Gasteiger partial charge on any atom is 0.335 e. The molecule has 9 nitrogen and oxygen atoms in total. The van der Waals surface area contributed by atoms with Crippen molar-refractivity contribution in [1.29, 1.82) is 0 Å². The topological polar surface area (TPSA) is 131 Å². The number of nitrogens with zero attached hydrogens (tertiary/aromatic N) is 2. The third kappa shape index (κ3) is 7.90. The van der Waals surface area contributed by atoms with Crippen molar-refractivity contribution in [2.45, 2.75) is 43.5 Å². The molecule has 1 amide bonds. The number of hydrogen-bond donors (Lipinski definition) is 3. The van der Waals surface area contributed by atoms with Gasteiger partial charge in [0.2, 0.25) is 0 Å². The number of para-hydroxylation sites is 2. The Labute approximate surface area is 305 Å². The van der Waals surface area contributed by atoms with Crippen LogP contribution in [0.1, 0.15) is 62.4 Å². The first-order chi connectivity index (χ1) is 25.4. The number of benzene rings is 5. The van der Waals surface area contributed by atoms with Crippen LogP contribution in [0.4, 0.5) is 0 Å². The number of aromatic nitrogens is 2. The summed E-state index contributed by atoms with van der Waals surface area (Å²) < 4.78 is 13.3. The zero-order valence-corrected chi connectivity index (χ0v) is 29.2. The molecule has 1 saturated heterocycles. The molecule has 1 aromatic heterocycles. The number of aromatic carboxylic acids is 1. The van der Waals surface area contributed by atoms with Crippen LogP contribution in [-0.4, -0.2) is 43.9 Å². The summed E-state index contributed by atoms with van der Waals surface area (Å²) in [7, 11) is 0. The smallest absolute Gasteiger partial charge is 0.335 e. The fourth-order valence-corrected chi connectivity index (χ4v) is 7.36. The lowest BCUT2D eigenvalue weighted by molar-refractivity contribution is -0.268. The number of hydrogen-bond acceptors (Lipinski definition) is 8. The molecule has 4 atom stereocenters. The van der Waals surface area contributed by atoms with Crippen LogP contribution in [0.5, 0.6) is 0 Å². The van der Waals surface area contributed by atoms with E-state index in [0.29, 0.717) is 17.8 Å². The maximum absolute atomic E-state index is 13.0. The number of fused-ring (bicyclic) bond motifs is 1. The van der Waals surface area contributed by atoms with Gasteiger partial charge in [-0.2, -0.15) is 0 Å². The van der Waals surface area contributed by atoms with Gasteiger partial charge in [0.05, 0.1) is 41.6 Å². The van der Waals surface area contributed by atoms with Gasteiger partial charge < -0.3 is 25.0 Å². The minimum atomic E-state index is -0.954. The first-order valence-corrected chi connectivity index (χ1v) is 18.0. The summed E-state index contributed by atoms with van der Waals surface area (Å²) in [6.07, 6.45) is 0.421. The van der Waals surface area contributed by atoms with Crippen molar-refractivity contribution < 1.29 is 29.3 Å². The molecule has 10 heteroatoms. The van der Waals surface area contributed by atoms with Crippen LogP contribution >= 0.6 is 11.8 Å². The molecule has 1 fully saturated rings. The summed E-state index contributed by atoms with van der Waals surface area (Å²) in [4.78, 5) is 34.1. The number of carboxylic acid groups (broad SMARTS) is 1. The monoisotopic (exact) mass is 711 g/mol. The second kappa shape index (κ2) is 15.9. The van der Waals surface area contributed by atoms with Gasteiger partial charge in [0, 0.05) is 28.7 Å². The molecule has 2 heterocycles. The summed E-state index contributed by atoms with van der Waals surface area (Å²) in [5.41, 5.74) is 7.54. The predicted octanol–water partition coefficient (Wildman–Crippen LogP) is 8.00. The van der Waals surface area contributed by atoms with E-state index in [0.717, 1.165) is 43.8 Å². The summed E-state index contributed by atoms with van der Waals surface area (Å²) >= 11 is 1.61. The molecule has 52 heavy (non-hydrogen) atoms. The SMILES string of the molecule is C[C@@H]1[C@H](CSc2ccc(C(=O)O)cc2)O[C@H](c2ccc(-c3ccccc3CNC(=O)c3cnc4ccccc4n3)cc2)O[C@@H]1c1ccc(CO)cc1. The molecule has 0 spiro atoms.